The molecule has 126 valence electrons. The number of likely N-dealkylation sites (N-methyl/N-ethyl adjacent to an activating group) is 1. The van der Waals surface area contributed by atoms with E-state index in [1.807, 2.05) is 36.2 Å². The first-order valence-electron chi connectivity index (χ1n) is 7.85. The molecule has 0 amide bonds. The zero-order valence-electron chi connectivity index (χ0n) is 14.5. The number of para-hydroxylation sites is 1. The van der Waals surface area contributed by atoms with Crippen LogP contribution in [0.3, 0.4) is 0 Å². The normalized spacial score (nSPS) is 20.1. The Balaban J connectivity index is 2.52. The Morgan fingerprint density at radius 1 is 1.30 bits per heavy atom. The number of benzene rings is 1. The zero-order valence-corrected chi connectivity index (χ0v) is 14.5. The van der Waals surface area contributed by atoms with Gasteiger partial charge in [0.25, 0.3) is 0 Å². The van der Waals surface area contributed by atoms with E-state index < -0.39 is 10.8 Å². The van der Waals surface area contributed by atoms with E-state index >= 15 is 0 Å². The van der Waals surface area contributed by atoms with Crippen LogP contribution in [0.25, 0.3) is 0 Å². The van der Waals surface area contributed by atoms with Crippen molar-refractivity contribution in [3.05, 3.63) is 29.8 Å². The Labute approximate surface area is 137 Å². The molecule has 0 aromatic heterocycles. The van der Waals surface area contributed by atoms with Crippen LogP contribution in [0.15, 0.2) is 24.3 Å². The molecule has 1 heterocycles. The number of esters is 2. The third kappa shape index (κ3) is 2.92. The minimum Gasteiger partial charge on any atom is -0.469 e. The molecule has 0 fully saturated rings. The van der Waals surface area contributed by atoms with E-state index in [0.717, 1.165) is 11.3 Å². The Morgan fingerprint density at radius 2 is 1.96 bits per heavy atom. The number of hydrogen-bond acceptors (Lipinski definition) is 5. The second kappa shape index (κ2) is 6.22. The molecule has 0 bridgehead atoms. The fraction of sp³-hybridized carbons (Fsp3) is 0.556. The SMILES string of the molecule is CCOC(=O)C1(CC(C)(C)C(=O)OC)CN(C)c2ccccc21. The van der Waals surface area contributed by atoms with Crippen molar-refractivity contribution in [3.8, 4) is 0 Å². The molecule has 0 spiro atoms. The number of methoxy groups -OCH3 is 1. The van der Waals surface area contributed by atoms with E-state index in [1.165, 1.54) is 7.11 Å². The maximum atomic E-state index is 12.9. The monoisotopic (exact) mass is 319 g/mol. The molecular weight excluding hydrogens is 294 g/mol. The maximum Gasteiger partial charge on any atom is 0.318 e. The van der Waals surface area contributed by atoms with Crippen LogP contribution in [0.4, 0.5) is 5.69 Å². The number of hydrogen-bond donors (Lipinski definition) is 0. The van der Waals surface area contributed by atoms with E-state index in [4.69, 9.17) is 9.47 Å². The number of nitrogens with zero attached hydrogens (tertiary/aromatic N) is 1. The lowest BCUT2D eigenvalue weighted by molar-refractivity contribution is -0.156. The Kier molecular flexibility index (Phi) is 4.68. The van der Waals surface area contributed by atoms with Crippen LogP contribution in [0, 0.1) is 5.41 Å². The molecule has 5 heteroatoms. The summed E-state index contributed by atoms with van der Waals surface area (Å²) in [4.78, 5) is 27.1. The summed E-state index contributed by atoms with van der Waals surface area (Å²) in [5, 5.41) is 0. The third-order valence-corrected chi connectivity index (χ3v) is 4.49. The zero-order chi connectivity index (χ0) is 17.3. The van der Waals surface area contributed by atoms with Crippen LogP contribution in [0.1, 0.15) is 32.8 Å². The summed E-state index contributed by atoms with van der Waals surface area (Å²) in [5.41, 5.74) is 0.262. The van der Waals surface area contributed by atoms with Crippen molar-refractivity contribution in [2.75, 3.05) is 32.2 Å². The van der Waals surface area contributed by atoms with E-state index in [1.54, 1.807) is 20.8 Å². The largest absolute Gasteiger partial charge is 0.469 e. The van der Waals surface area contributed by atoms with Gasteiger partial charge in [0, 0.05) is 19.3 Å². The predicted octanol–water partition coefficient (Wildman–Crippen LogP) is 2.53. The van der Waals surface area contributed by atoms with Gasteiger partial charge in [-0.05, 0) is 38.8 Å². The van der Waals surface area contributed by atoms with E-state index in [9.17, 15) is 9.59 Å². The molecule has 1 aliphatic rings. The molecule has 1 aliphatic heterocycles. The van der Waals surface area contributed by atoms with Gasteiger partial charge in [0.1, 0.15) is 5.41 Å². The van der Waals surface area contributed by atoms with Crippen molar-refractivity contribution in [2.45, 2.75) is 32.6 Å². The molecule has 1 unspecified atom stereocenters. The summed E-state index contributed by atoms with van der Waals surface area (Å²) in [6.45, 7) is 6.21. The summed E-state index contributed by atoms with van der Waals surface area (Å²) in [5.74, 6) is -0.609. The molecule has 0 aliphatic carbocycles. The number of anilines is 1. The van der Waals surface area contributed by atoms with Gasteiger partial charge in [-0.15, -0.1) is 0 Å². The van der Waals surface area contributed by atoms with Gasteiger partial charge >= 0.3 is 11.9 Å². The molecule has 23 heavy (non-hydrogen) atoms. The molecule has 1 aromatic rings. The predicted molar refractivity (Wildman–Crippen MR) is 88.4 cm³/mol. The molecule has 0 radical (unpaired) electrons. The summed E-state index contributed by atoms with van der Waals surface area (Å²) < 4.78 is 10.3. The van der Waals surface area contributed by atoms with Crippen LogP contribution >= 0.6 is 0 Å². The standard InChI is InChI=1S/C18H25NO4/c1-6-23-16(21)18(11-17(2,3)15(20)22-5)12-19(4)14-10-8-7-9-13(14)18/h7-10H,6,11-12H2,1-5H3. The maximum absolute atomic E-state index is 12.9. The average Bonchev–Trinajstić information content (AvgIpc) is 2.80. The average molecular weight is 319 g/mol. The second-order valence-corrected chi connectivity index (χ2v) is 6.73. The first-order valence-corrected chi connectivity index (χ1v) is 7.85. The van der Waals surface area contributed by atoms with Crippen molar-refractivity contribution in [1.82, 2.24) is 0 Å². The summed E-state index contributed by atoms with van der Waals surface area (Å²) in [7, 11) is 3.32. The van der Waals surface area contributed by atoms with Gasteiger partial charge in [-0.1, -0.05) is 18.2 Å². The van der Waals surface area contributed by atoms with Gasteiger partial charge in [0.2, 0.25) is 0 Å². The molecular formula is C18H25NO4. The first kappa shape index (κ1) is 17.3. The van der Waals surface area contributed by atoms with Gasteiger partial charge < -0.3 is 14.4 Å². The van der Waals surface area contributed by atoms with Crippen molar-refractivity contribution >= 4 is 17.6 Å². The highest BCUT2D eigenvalue weighted by Gasteiger charge is 2.53. The lowest BCUT2D eigenvalue weighted by Crippen LogP contribution is -2.46. The van der Waals surface area contributed by atoms with Crippen molar-refractivity contribution < 1.29 is 19.1 Å². The number of carbonyl (C=O) groups is 2. The van der Waals surface area contributed by atoms with Gasteiger partial charge in [-0.25, -0.2) is 0 Å². The highest BCUT2D eigenvalue weighted by Crippen LogP contribution is 2.47. The van der Waals surface area contributed by atoms with Crippen molar-refractivity contribution in [2.24, 2.45) is 5.41 Å². The van der Waals surface area contributed by atoms with Crippen LogP contribution < -0.4 is 4.90 Å². The molecule has 1 aromatic carbocycles. The Bertz CT molecular complexity index is 611. The molecule has 1 atom stereocenters. The van der Waals surface area contributed by atoms with Crippen LogP contribution in [0.2, 0.25) is 0 Å². The van der Waals surface area contributed by atoms with Gasteiger partial charge in [-0.2, -0.15) is 0 Å². The summed E-state index contributed by atoms with van der Waals surface area (Å²) in [6.07, 6.45) is 0.340. The number of carbonyl (C=O) groups excluding carboxylic acids is 2. The smallest absolute Gasteiger partial charge is 0.318 e. The highest BCUT2D eigenvalue weighted by molar-refractivity contribution is 5.90. The van der Waals surface area contributed by atoms with Gasteiger partial charge in [-0.3, -0.25) is 9.59 Å². The Hall–Kier alpha value is -2.04. The third-order valence-electron chi connectivity index (χ3n) is 4.49. The van der Waals surface area contributed by atoms with Crippen LogP contribution in [0.5, 0.6) is 0 Å². The van der Waals surface area contributed by atoms with E-state index in [2.05, 4.69) is 0 Å². The van der Waals surface area contributed by atoms with Crippen molar-refractivity contribution in [1.29, 1.82) is 0 Å². The number of ether oxygens (including phenoxy) is 2. The minimum absolute atomic E-state index is 0.284. The van der Waals surface area contributed by atoms with Crippen LogP contribution in [-0.2, 0) is 24.5 Å². The molecule has 0 saturated heterocycles. The fourth-order valence-electron chi connectivity index (χ4n) is 3.56. The van der Waals surface area contributed by atoms with Crippen molar-refractivity contribution in [3.63, 3.8) is 0 Å². The lowest BCUT2D eigenvalue weighted by atomic mass is 9.70. The van der Waals surface area contributed by atoms with Crippen LogP contribution in [-0.4, -0.2) is 39.2 Å². The topological polar surface area (TPSA) is 55.8 Å². The molecule has 0 N–H and O–H groups in total. The molecule has 5 nitrogen and oxygen atoms in total. The lowest BCUT2D eigenvalue weighted by Gasteiger charge is -2.34. The van der Waals surface area contributed by atoms with E-state index in [0.29, 0.717) is 19.6 Å². The van der Waals surface area contributed by atoms with Gasteiger partial charge in [0.15, 0.2) is 0 Å². The second-order valence-electron chi connectivity index (χ2n) is 6.73. The summed E-state index contributed by atoms with van der Waals surface area (Å²) >= 11 is 0. The molecule has 2 rings (SSSR count). The first-order chi connectivity index (χ1) is 10.8. The Morgan fingerprint density at radius 3 is 2.57 bits per heavy atom. The quantitative estimate of drug-likeness (QED) is 0.781. The molecule has 0 saturated carbocycles. The van der Waals surface area contributed by atoms with Gasteiger partial charge in [0.05, 0.1) is 19.1 Å². The number of rotatable bonds is 5. The number of fused-ring (bicyclic) bond motifs is 1. The summed E-state index contributed by atoms with van der Waals surface area (Å²) in [6, 6.07) is 7.80. The highest BCUT2D eigenvalue weighted by atomic mass is 16.5. The van der Waals surface area contributed by atoms with E-state index in [-0.39, 0.29) is 11.9 Å². The fourth-order valence-corrected chi connectivity index (χ4v) is 3.56. The minimum atomic E-state index is -0.862.